The first-order valence-electron chi connectivity index (χ1n) is 7.23. The van der Waals surface area contributed by atoms with Crippen LogP contribution >= 0.6 is 22.7 Å². The van der Waals surface area contributed by atoms with Crippen LogP contribution in [-0.4, -0.2) is 15.5 Å². The van der Waals surface area contributed by atoms with Gasteiger partial charge >= 0.3 is 0 Å². The molecule has 7 heteroatoms. The standard InChI is InChI=1S/C17H12FN3OS2/c18-12-4-2-1-3-11(12)10-21-13-5-7-23-15(13)9-14(21)16(22)20-17-19-6-8-24-17/h1-9H,10H2,(H,19,20,22). The fourth-order valence-electron chi connectivity index (χ4n) is 2.58. The summed E-state index contributed by atoms with van der Waals surface area (Å²) in [5.41, 5.74) is 1.97. The molecule has 3 heterocycles. The summed E-state index contributed by atoms with van der Waals surface area (Å²) in [7, 11) is 0. The number of nitrogens with zero attached hydrogens (tertiary/aromatic N) is 2. The van der Waals surface area contributed by atoms with E-state index in [0.717, 1.165) is 10.2 Å². The van der Waals surface area contributed by atoms with Crippen LogP contribution < -0.4 is 5.32 Å². The van der Waals surface area contributed by atoms with E-state index in [4.69, 9.17) is 0 Å². The van der Waals surface area contributed by atoms with Gasteiger partial charge in [0.1, 0.15) is 11.5 Å². The molecule has 1 aromatic carbocycles. The first-order chi connectivity index (χ1) is 11.7. The van der Waals surface area contributed by atoms with E-state index in [1.54, 1.807) is 41.1 Å². The molecule has 120 valence electrons. The fourth-order valence-corrected chi connectivity index (χ4v) is 3.93. The molecule has 1 amide bonds. The van der Waals surface area contributed by atoms with Crippen LogP contribution in [0.5, 0.6) is 0 Å². The molecule has 4 rings (SSSR count). The Kier molecular flexibility index (Phi) is 3.87. The number of rotatable bonds is 4. The minimum absolute atomic E-state index is 0.246. The number of carbonyl (C=O) groups is 1. The molecule has 0 fully saturated rings. The van der Waals surface area contributed by atoms with Gasteiger partial charge in [-0.25, -0.2) is 9.37 Å². The summed E-state index contributed by atoms with van der Waals surface area (Å²) < 4.78 is 16.9. The van der Waals surface area contributed by atoms with Crippen LogP contribution in [0.15, 0.2) is 53.4 Å². The summed E-state index contributed by atoms with van der Waals surface area (Å²) in [6.07, 6.45) is 1.64. The van der Waals surface area contributed by atoms with E-state index in [1.807, 2.05) is 22.1 Å². The number of aromatic nitrogens is 2. The highest BCUT2D eigenvalue weighted by atomic mass is 32.1. The first-order valence-corrected chi connectivity index (χ1v) is 8.99. The van der Waals surface area contributed by atoms with Crippen LogP contribution in [0.3, 0.4) is 0 Å². The number of hydrogen-bond acceptors (Lipinski definition) is 4. The number of thiazole rings is 1. The van der Waals surface area contributed by atoms with Gasteiger partial charge in [0, 0.05) is 17.1 Å². The fraction of sp³-hybridized carbons (Fsp3) is 0.0588. The molecule has 0 bridgehead atoms. The number of anilines is 1. The molecule has 0 radical (unpaired) electrons. The maximum atomic E-state index is 14.0. The average molecular weight is 357 g/mol. The second-order valence-corrected chi connectivity index (χ2v) is 7.01. The van der Waals surface area contributed by atoms with E-state index in [-0.39, 0.29) is 11.7 Å². The first kappa shape index (κ1) is 15.0. The Morgan fingerprint density at radius 3 is 2.88 bits per heavy atom. The monoisotopic (exact) mass is 357 g/mol. The summed E-state index contributed by atoms with van der Waals surface area (Å²) >= 11 is 2.91. The lowest BCUT2D eigenvalue weighted by Gasteiger charge is -2.10. The zero-order valence-electron chi connectivity index (χ0n) is 12.4. The third-order valence-corrected chi connectivity index (χ3v) is 5.24. The molecule has 24 heavy (non-hydrogen) atoms. The van der Waals surface area contributed by atoms with Crippen molar-refractivity contribution in [3.8, 4) is 0 Å². The number of carbonyl (C=O) groups excluding carboxylic acids is 1. The number of thiophene rings is 1. The molecule has 4 nitrogen and oxygen atoms in total. The Morgan fingerprint density at radius 2 is 2.08 bits per heavy atom. The van der Waals surface area contributed by atoms with Crippen molar-refractivity contribution in [2.45, 2.75) is 6.54 Å². The topological polar surface area (TPSA) is 46.9 Å². The van der Waals surface area contributed by atoms with Gasteiger partial charge in [-0.2, -0.15) is 0 Å². The second kappa shape index (κ2) is 6.18. The molecule has 0 aliphatic carbocycles. The molecule has 0 aliphatic rings. The predicted molar refractivity (Wildman–Crippen MR) is 95.4 cm³/mol. The number of hydrogen-bond donors (Lipinski definition) is 1. The van der Waals surface area contributed by atoms with Crippen molar-refractivity contribution in [1.82, 2.24) is 9.55 Å². The van der Waals surface area contributed by atoms with E-state index in [1.165, 1.54) is 17.4 Å². The lowest BCUT2D eigenvalue weighted by atomic mass is 10.2. The van der Waals surface area contributed by atoms with Crippen LogP contribution in [0.25, 0.3) is 10.2 Å². The van der Waals surface area contributed by atoms with Gasteiger partial charge in [-0.15, -0.1) is 22.7 Å². The van der Waals surface area contributed by atoms with Gasteiger partial charge in [0.15, 0.2) is 5.13 Å². The predicted octanol–water partition coefficient (Wildman–Crippen LogP) is 4.60. The zero-order valence-corrected chi connectivity index (χ0v) is 14.0. The Hall–Kier alpha value is -2.51. The van der Waals surface area contributed by atoms with E-state index < -0.39 is 0 Å². The summed E-state index contributed by atoms with van der Waals surface area (Å²) in [5, 5.41) is 7.09. The van der Waals surface area contributed by atoms with Crippen molar-refractivity contribution in [3.63, 3.8) is 0 Å². The van der Waals surface area contributed by atoms with Crippen molar-refractivity contribution >= 4 is 43.9 Å². The van der Waals surface area contributed by atoms with Gasteiger partial charge in [-0.05, 0) is 23.6 Å². The average Bonchev–Trinajstić information content (AvgIpc) is 3.28. The third-order valence-electron chi connectivity index (χ3n) is 3.69. The van der Waals surface area contributed by atoms with Crippen molar-refractivity contribution in [2.24, 2.45) is 0 Å². The van der Waals surface area contributed by atoms with E-state index in [9.17, 15) is 9.18 Å². The maximum Gasteiger partial charge on any atom is 0.274 e. The molecule has 1 N–H and O–H groups in total. The summed E-state index contributed by atoms with van der Waals surface area (Å²) in [6.45, 7) is 0.299. The van der Waals surface area contributed by atoms with Gasteiger partial charge in [-0.3, -0.25) is 10.1 Å². The van der Waals surface area contributed by atoms with E-state index in [2.05, 4.69) is 10.3 Å². The van der Waals surface area contributed by atoms with Gasteiger partial charge in [0.25, 0.3) is 5.91 Å². The van der Waals surface area contributed by atoms with Gasteiger partial charge < -0.3 is 4.57 Å². The largest absolute Gasteiger partial charge is 0.331 e. The SMILES string of the molecule is O=C(Nc1nccs1)c1cc2sccc2n1Cc1ccccc1F. The molecule has 0 unspecified atom stereocenters. The third kappa shape index (κ3) is 2.72. The van der Waals surface area contributed by atoms with Crippen molar-refractivity contribution in [3.05, 3.63) is 70.4 Å². The highest BCUT2D eigenvalue weighted by Gasteiger charge is 2.18. The second-order valence-electron chi connectivity index (χ2n) is 5.17. The molecule has 0 spiro atoms. The van der Waals surface area contributed by atoms with Gasteiger partial charge in [0.2, 0.25) is 0 Å². The summed E-state index contributed by atoms with van der Waals surface area (Å²) in [6, 6.07) is 10.4. The lowest BCUT2D eigenvalue weighted by molar-refractivity contribution is 0.101. The molecular weight excluding hydrogens is 345 g/mol. The van der Waals surface area contributed by atoms with E-state index in [0.29, 0.717) is 22.9 Å². The Balaban J connectivity index is 1.74. The summed E-state index contributed by atoms with van der Waals surface area (Å²) in [5.74, 6) is -0.523. The smallest absolute Gasteiger partial charge is 0.274 e. The van der Waals surface area contributed by atoms with Crippen molar-refractivity contribution in [1.29, 1.82) is 0 Å². The van der Waals surface area contributed by atoms with Crippen LogP contribution in [0.4, 0.5) is 9.52 Å². The van der Waals surface area contributed by atoms with E-state index >= 15 is 0 Å². The molecule has 0 aliphatic heterocycles. The van der Waals surface area contributed by atoms with Crippen molar-refractivity contribution < 1.29 is 9.18 Å². The van der Waals surface area contributed by atoms with Crippen LogP contribution in [0, 0.1) is 5.82 Å². The molecule has 3 aromatic heterocycles. The number of fused-ring (bicyclic) bond motifs is 1. The van der Waals surface area contributed by atoms with Gasteiger partial charge in [-0.1, -0.05) is 18.2 Å². The quantitative estimate of drug-likeness (QED) is 0.580. The lowest BCUT2D eigenvalue weighted by Crippen LogP contribution is -2.17. The number of amides is 1. The number of nitrogens with one attached hydrogen (secondary N) is 1. The minimum atomic E-state index is -0.277. The minimum Gasteiger partial charge on any atom is -0.331 e. The summed E-state index contributed by atoms with van der Waals surface area (Å²) in [4.78, 5) is 16.7. The van der Waals surface area contributed by atoms with Crippen molar-refractivity contribution in [2.75, 3.05) is 5.32 Å². The Bertz CT molecular complexity index is 1000. The molecule has 0 saturated heterocycles. The normalized spacial score (nSPS) is 11.0. The Morgan fingerprint density at radius 1 is 1.21 bits per heavy atom. The van der Waals surface area contributed by atoms with Crippen LogP contribution in [-0.2, 0) is 6.54 Å². The number of halogens is 1. The molecular formula is C17H12FN3OS2. The highest BCUT2D eigenvalue weighted by molar-refractivity contribution is 7.17. The zero-order chi connectivity index (χ0) is 16.5. The molecule has 0 saturated carbocycles. The maximum absolute atomic E-state index is 14.0. The molecule has 4 aromatic rings. The van der Waals surface area contributed by atoms with Crippen LogP contribution in [0.2, 0.25) is 0 Å². The van der Waals surface area contributed by atoms with Crippen LogP contribution in [0.1, 0.15) is 16.1 Å². The number of benzene rings is 1. The molecule has 0 atom stereocenters. The highest BCUT2D eigenvalue weighted by Crippen LogP contribution is 2.27. The Labute approximate surface area is 145 Å². The van der Waals surface area contributed by atoms with Gasteiger partial charge in [0.05, 0.1) is 16.8 Å².